The fraction of sp³-hybridized carbons (Fsp3) is 0.348. The molecule has 1 aromatic carbocycles. The number of anilines is 1. The number of fused-ring (bicyclic) bond motifs is 1. The van der Waals surface area contributed by atoms with Gasteiger partial charge in [0.05, 0.1) is 35.7 Å². The van der Waals surface area contributed by atoms with Crippen LogP contribution in [0.15, 0.2) is 53.7 Å². The molecule has 0 bridgehead atoms. The Morgan fingerprint density at radius 3 is 2.56 bits per heavy atom. The van der Waals surface area contributed by atoms with E-state index in [0.717, 1.165) is 0 Å². The lowest BCUT2D eigenvalue weighted by molar-refractivity contribution is 0.122. The second kappa shape index (κ2) is 8.48. The predicted molar refractivity (Wildman–Crippen MR) is 120 cm³/mol. The van der Waals surface area contributed by atoms with Gasteiger partial charge in [-0.1, -0.05) is 18.2 Å². The second-order valence-electron chi connectivity index (χ2n) is 7.87. The average Bonchev–Trinajstić information content (AvgIpc) is 2.84. The van der Waals surface area contributed by atoms with Gasteiger partial charge in [-0.05, 0) is 25.1 Å². The molecule has 0 radical (unpaired) electrons. The summed E-state index contributed by atoms with van der Waals surface area (Å²) in [5.74, 6) is 1.89. The Kier molecular flexibility index (Phi) is 5.52. The van der Waals surface area contributed by atoms with E-state index in [9.17, 15) is 8.42 Å². The Hall–Kier alpha value is -3.04. The van der Waals surface area contributed by atoms with Gasteiger partial charge in [0.25, 0.3) is 0 Å². The van der Waals surface area contributed by atoms with E-state index in [2.05, 4.69) is 14.9 Å². The van der Waals surface area contributed by atoms with Gasteiger partial charge < -0.3 is 14.4 Å². The van der Waals surface area contributed by atoms with Crippen molar-refractivity contribution in [3.05, 3.63) is 60.2 Å². The maximum Gasteiger partial charge on any atom is 0.185 e. The van der Waals surface area contributed by atoms with Gasteiger partial charge >= 0.3 is 0 Å². The number of rotatable bonds is 4. The number of benzene rings is 1. The molecule has 2 aliphatic heterocycles. The van der Waals surface area contributed by atoms with Gasteiger partial charge in [0.15, 0.2) is 9.84 Å². The number of aryl methyl sites for hydroxylation is 1. The number of pyridine rings is 1. The standard InChI is InChI=1S/C23H24N4O4S/c1-16-24-14-17(15-25-16)20-12-18(13-23(26-20)27-7-10-30-11-8-27)32(28,29)22-6-9-31-21-5-3-2-4-19(21)22/h2-5,12-15,22H,6-11H2,1H3. The van der Waals surface area contributed by atoms with Crippen molar-refractivity contribution in [3.63, 3.8) is 0 Å². The highest BCUT2D eigenvalue weighted by molar-refractivity contribution is 7.91. The molecule has 2 aromatic heterocycles. The summed E-state index contributed by atoms with van der Waals surface area (Å²) in [7, 11) is -3.69. The van der Waals surface area contributed by atoms with E-state index in [4.69, 9.17) is 14.5 Å². The van der Waals surface area contributed by atoms with Crippen molar-refractivity contribution in [2.75, 3.05) is 37.8 Å². The summed E-state index contributed by atoms with van der Waals surface area (Å²) in [6.45, 7) is 4.63. The minimum Gasteiger partial charge on any atom is -0.493 e. The summed E-state index contributed by atoms with van der Waals surface area (Å²) in [6.07, 6.45) is 3.75. The van der Waals surface area contributed by atoms with Crippen LogP contribution in [0.3, 0.4) is 0 Å². The lowest BCUT2D eigenvalue weighted by Gasteiger charge is -2.29. The quantitative estimate of drug-likeness (QED) is 0.596. The molecule has 4 heterocycles. The van der Waals surface area contributed by atoms with E-state index in [1.54, 1.807) is 31.5 Å². The van der Waals surface area contributed by atoms with Crippen LogP contribution in [0.25, 0.3) is 11.3 Å². The molecule has 1 unspecified atom stereocenters. The fourth-order valence-corrected chi connectivity index (χ4v) is 5.89. The molecule has 2 aliphatic rings. The largest absolute Gasteiger partial charge is 0.493 e. The van der Waals surface area contributed by atoms with Gasteiger partial charge in [0.2, 0.25) is 0 Å². The van der Waals surface area contributed by atoms with Crippen molar-refractivity contribution < 1.29 is 17.9 Å². The molecule has 5 rings (SSSR count). The van der Waals surface area contributed by atoms with Gasteiger partial charge in [-0.25, -0.2) is 23.4 Å². The van der Waals surface area contributed by atoms with Crippen LogP contribution in [-0.4, -0.2) is 56.3 Å². The average molecular weight is 453 g/mol. The molecule has 1 atom stereocenters. The molecule has 0 aliphatic carbocycles. The molecule has 0 N–H and O–H groups in total. The normalized spacial score (nSPS) is 18.7. The predicted octanol–water partition coefficient (Wildman–Crippen LogP) is 2.98. The number of aromatic nitrogens is 3. The van der Waals surface area contributed by atoms with Crippen LogP contribution in [0.4, 0.5) is 5.82 Å². The van der Waals surface area contributed by atoms with Crippen molar-refractivity contribution in [3.8, 4) is 17.0 Å². The summed E-state index contributed by atoms with van der Waals surface area (Å²) in [5.41, 5.74) is 1.91. The SMILES string of the molecule is Cc1ncc(-c2cc(S(=O)(=O)C3CCOc4ccccc43)cc(N3CCOCC3)n2)cn1. The molecule has 3 aromatic rings. The molecular formula is C23H24N4O4S. The molecule has 8 nitrogen and oxygen atoms in total. The minimum atomic E-state index is -3.69. The van der Waals surface area contributed by atoms with Gasteiger partial charge in [-0.3, -0.25) is 0 Å². The Labute approximate surface area is 187 Å². The number of nitrogens with zero attached hydrogens (tertiary/aromatic N) is 4. The molecule has 166 valence electrons. The zero-order valence-corrected chi connectivity index (χ0v) is 18.6. The van der Waals surface area contributed by atoms with E-state index in [1.807, 2.05) is 24.3 Å². The van der Waals surface area contributed by atoms with E-state index >= 15 is 0 Å². The summed E-state index contributed by atoms with van der Waals surface area (Å²) in [4.78, 5) is 15.6. The topological polar surface area (TPSA) is 94.5 Å². The maximum absolute atomic E-state index is 13.9. The van der Waals surface area contributed by atoms with E-state index in [-0.39, 0.29) is 4.90 Å². The molecule has 0 amide bonds. The summed E-state index contributed by atoms with van der Waals surface area (Å²) < 4.78 is 38.9. The number of sulfone groups is 1. The first kappa shape index (κ1) is 20.8. The van der Waals surface area contributed by atoms with Crippen LogP contribution < -0.4 is 9.64 Å². The smallest absolute Gasteiger partial charge is 0.185 e. The van der Waals surface area contributed by atoms with Gasteiger partial charge in [0.1, 0.15) is 17.4 Å². The monoisotopic (exact) mass is 452 g/mol. The van der Waals surface area contributed by atoms with Crippen LogP contribution in [0.5, 0.6) is 5.75 Å². The van der Waals surface area contributed by atoms with Crippen molar-refractivity contribution in [2.24, 2.45) is 0 Å². The lowest BCUT2D eigenvalue weighted by Crippen LogP contribution is -2.37. The molecule has 1 fully saturated rings. The number of ether oxygens (including phenoxy) is 2. The van der Waals surface area contributed by atoms with Crippen LogP contribution >= 0.6 is 0 Å². The maximum atomic E-state index is 13.9. The van der Waals surface area contributed by atoms with Crippen LogP contribution in [0, 0.1) is 6.92 Å². The summed E-state index contributed by atoms with van der Waals surface area (Å²) in [5, 5.41) is -0.672. The third-order valence-corrected chi connectivity index (χ3v) is 7.94. The first-order valence-corrected chi connectivity index (χ1v) is 12.2. The number of hydrogen-bond acceptors (Lipinski definition) is 8. The van der Waals surface area contributed by atoms with Gasteiger partial charge in [-0.15, -0.1) is 0 Å². The van der Waals surface area contributed by atoms with Crippen molar-refractivity contribution in [2.45, 2.75) is 23.5 Å². The zero-order valence-electron chi connectivity index (χ0n) is 17.8. The number of hydrogen-bond donors (Lipinski definition) is 0. The van der Waals surface area contributed by atoms with Crippen LogP contribution in [0.1, 0.15) is 23.1 Å². The Bertz CT molecular complexity index is 1220. The molecule has 1 saturated heterocycles. The van der Waals surface area contributed by atoms with E-state index < -0.39 is 15.1 Å². The molecule has 0 spiro atoms. The van der Waals surface area contributed by atoms with Crippen molar-refractivity contribution in [1.82, 2.24) is 15.0 Å². The first-order chi connectivity index (χ1) is 15.5. The minimum absolute atomic E-state index is 0.242. The first-order valence-electron chi connectivity index (χ1n) is 10.6. The van der Waals surface area contributed by atoms with Gasteiger partial charge in [-0.2, -0.15) is 0 Å². The van der Waals surface area contributed by atoms with E-state index in [0.29, 0.717) is 73.5 Å². The van der Waals surface area contributed by atoms with Crippen LogP contribution in [-0.2, 0) is 14.6 Å². The molecule has 9 heteroatoms. The fourth-order valence-electron chi connectivity index (χ4n) is 4.08. The van der Waals surface area contributed by atoms with E-state index in [1.165, 1.54) is 0 Å². The molecule has 32 heavy (non-hydrogen) atoms. The summed E-state index contributed by atoms with van der Waals surface area (Å²) >= 11 is 0. The van der Waals surface area contributed by atoms with Crippen molar-refractivity contribution in [1.29, 1.82) is 0 Å². The highest BCUT2D eigenvalue weighted by Gasteiger charge is 2.35. The second-order valence-corrected chi connectivity index (χ2v) is 10.0. The summed E-state index contributed by atoms with van der Waals surface area (Å²) in [6, 6.07) is 10.7. The molecule has 0 saturated carbocycles. The van der Waals surface area contributed by atoms with Crippen molar-refractivity contribution >= 4 is 15.7 Å². The highest BCUT2D eigenvalue weighted by atomic mass is 32.2. The number of morpholine rings is 1. The van der Waals surface area contributed by atoms with Gasteiger partial charge in [0, 0.05) is 43.0 Å². The Morgan fingerprint density at radius 1 is 1.03 bits per heavy atom. The van der Waals surface area contributed by atoms with Crippen LogP contribution in [0.2, 0.25) is 0 Å². The lowest BCUT2D eigenvalue weighted by atomic mass is 10.1. The molecular weight excluding hydrogens is 428 g/mol. The Morgan fingerprint density at radius 2 is 1.78 bits per heavy atom. The zero-order chi connectivity index (χ0) is 22.1. The Balaban J connectivity index is 1.62. The highest BCUT2D eigenvalue weighted by Crippen LogP contribution is 2.41. The number of para-hydroxylation sites is 1. The third-order valence-electron chi connectivity index (χ3n) is 5.80. The third kappa shape index (κ3) is 3.93.